The molecule has 0 bridgehead atoms. The number of hydrogen-bond donors (Lipinski definition) is 2. The van der Waals surface area contributed by atoms with Crippen molar-refractivity contribution >= 4 is 17.2 Å². The lowest BCUT2D eigenvalue weighted by molar-refractivity contribution is -0.111. The Morgan fingerprint density at radius 3 is 2.70 bits per heavy atom. The normalized spacial score (nSPS) is 14.5. The lowest BCUT2D eigenvalue weighted by Gasteiger charge is -2.19. The summed E-state index contributed by atoms with van der Waals surface area (Å²) in [6, 6.07) is 7.95. The van der Waals surface area contributed by atoms with Gasteiger partial charge in [-0.2, -0.15) is 5.26 Å². The van der Waals surface area contributed by atoms with Gasteiger partial charge in [0.25, 0.3) is 5.78 Å². The number of anilines is 1. The molecular weight excluding hydrogens is 410 g/mol. The van der Waals surface area contributed by atoms with Crippen LogP contribution in [0.4, 0.5) is 5.69 Å². The van der Waals surface area contributed by atoms with Crippen LogP contribution in [0.5, 0.6) is 0 Å². The van der Waals surface area contributed by atoms with Gasteiger partial charge < -0.3 is 15.5 Å². The Bertz CT molecular complexity index is 1100. The van der Waals surface area contributed by atoms with Crippen molar-refractivity contribution in [3.63, 3.8) is 0 Å². The minimum absolute atomic E-state index is 0.290. The van der Waals surface area contributed by atoms with Crippen molar-refractivity contribution in [2.24, 2.45) is 4.99 Å². The van der Waals surface area contributed by atoms with E-state index in [1.165, 1.54) is 0 Å². The average Bonchev–Trinajstić information content (AvgIpc) is 2.92. The number of carbonyl (C=O) groups excluding carboxylic acids is 1. The van der Waals surface area contributed by atoms with Gasteiger partial charge in [0.15, 0.2) is 0 Å². The zero-order chi connectivity index (χ0) is 24.5. The van der Waals surface area contributed by atoms with Gasteiger partial charge in [0.1, 0.15) is 11.9 Å². The lowest BCUT2D eigenvalue weighted by Crippen LogP contribution is -2.21. The first-order valence-electron chi connectivity index (χ1n) is 11.0. The molecule has 0 aliphatic carbocycles. The summed E-state index contributed by atoms with van der Waals surface area (Å²) in [4.78, 5) is 18.4. The van der Waals surface area contributed by atoms with Gasteiger partial charge in [-0.25, -0.2) is 4.99 Å². The van der Waals surface area contributed by atoms with Crippen LogP contribution in [0.15, 0.2) is 83.6 Å². The molecule has 1 aromatic rings. The fraction of sp³-hybridized carbons (Fsp3) is 0.296. The Morgan fingerprint density at radius 1 is 1.33 bits per heavy atom. The Morgan fingerprint density at radius 2 is 2.06 bits per heavy atom. The standard InChI is InChI=1S/C27H33N5O/c1-8-9-20(5)30-24-15-22(11-10-19(24)4)17-29-21(6)23-12-13-25(26(33)16-28)32(7)27(31-23)14-18(2)3/h10-11,13-15,29-30H,2,5-6,8-9,12,17H2,1,3-4,7H3/b27-14-. The number of ketones is 1. The van der Waals surface area contributed by atoms with E-state index in [2.05, 4.69) is 62.4 Å². The number of likely N-dealkylation sites (N-methyl/N-ethyl adjacent to an activating group) is 1. The molecule has 33 heavy (non-hydrogen) atoms. The zero-order valence-corrected chi connectivity index (χ0v) is 20.1. The number of nitrogens with one attached hydrogen (secondary N) is 2. The summed E-state index contributed by atoms with van der Waals surface area (Å²) in [5.41, 5.74) is 6.71. The van der Waals surface area contributed by atoms with Crippen molar-refractivity contribution in [2.45, 2.75) is 46.6 Å². The fourth-order valence-corrected chi connectivity index (χ4v) is 3.33. The molecule has 0 aromatic heterocycles. The maximum Gasteiger partial charge on any atom is 0.278 e. The summed E-state index contributed by atoms with van der Waals surface area (Å²) >= 11 is 0. The first-order valence-corrected chi connectivity index (χ1v) is 11.0. The van der Waals surface area contributed by atoms with Crippen LogP contribution in [0.1, 0.15) is 44.2 Å². The number of nitriles is 1. The van der Waals surface area contributed by atoms with Crippen molar-refractivity contribution in [1.82, 2.24) is 10.2 Å². The Labute approximate surface area is 197 Å². The summed E-state index contributed by atoms with van der Waals surface area (Å²) in [7, 11) is 1.71. The minimum atomic E-state index is -0.607. The predicted molar refractivity (Wildman–Crippen MR) is 136 cm³/mol. The zero-order valence-electron chi connectivity index (χ0n) is 20.1. The maximum atomic E-state index is 12.1. The molecule has 6 nitrogen and oxygen atoms in total. The Kier molecular flexibility index (Phi) is 8.99. The molecule has 0 amide bonds. The number of hydrogen-bond acceptors (Lipinski definition) is 6. The number of benzene rings is 1. The summed E-state index contributed by atoms with van der Waals surface area (Å²) in [6.07, 6.45) is 5.84. The maximum absolute atomic E-state index is 12.1. The molecule has 0 atom stereocenters. The molecule has 2 rings (SSSR count). The highest BCUT2D eigenvalue weighted by molar-refractivity contribution is 6.08. The summed E-state index contributed by atoms with van der Waals surface area (Å²) < 4.78 is 0. The van der Waals surface area contributed by atoms with E-state index in [1.807, 2.05) is 6.92 Å². The highest BCUT2D eigenvalue weighted by Gasteiger charge is 2.21. The van der Waals surface area contributed by atoms with Crippen LogP contribution < -0.4 is 10.6 Å². The molecule has 1 aliphatic rings. The third-order valence-corrected chi connectivity index (χ3v) is 5.17. The highest BCUT2D eigenvalue weighted by Crippen LogP contribution is 2.22. The number of allylic oxidation sites excluding steroid dienone is 6. The minimum Gasteiger partial charge on any atom is -0.380 e. The number of aliphatic imine (C=N–C) groups is 1. The van der Waals surface area contributed by atoms with Crippen LogP contribution in [0.25, 0.3) is 0 Å². The monoisotopic (exact) mass is 443 g/mol. The predicted octanol–water partition coefficient (Wildman–Crippen LogP) is 5.49. The average molecular weight is 444 g/mol. The van der Waals surface area contributed by atoms with Gasteiger partial charge in [-0.1, -0.05) is 50.8 Å². The molecule has 6 heteroatoms. The van der Waals surface area contributed by atoms with Crippen LogP contribution in [-0.2, 0) is 11.3 Å². The summed E-state index contributed by atoms with van der Waals surface area (Å²) in [5, 5.41) is 15.8. The number of carbonyl (C=O) groups is 1. The molecule has 1 heterocycles. The second-order valence-electron chi connectivity index (χ2n) is 8.16. The van der Waals surface area contributed by atoms with Crippen molar-refractivity contribution in [3.05, 3.63) is 89.7 Å². The Balaban J connectivity index is 2.21. The van der Waals surface area contributed by atoms with Crippen molar-refractivity contribution in [3.8, 4) is 6.07 Å². The highest BCUT2D eigenvalue weighted by atomic mass is 16.1. The van der Waals surface area contributed by atoms with E-state index in [9.17, 15) is 4.79 Å². The van der Waals surface area contributed by atoms with E-state index < -0.39 is 5.78 Å². The molecule has 1 aromatic carbocycles. The molecule has 0 spiro atoms. The third kappa shape index (κ3) is 7.08. The van der Waals surface area contributed by atoms with Gasteiger partial charge in [-0.05, 0) is 49.6 Å². The number of rotatable bonds is 10. The van der Waals surface area contributed by atoms with Gasteiger partial charge in [-0.15, -0.1) is 0 Å². The van der Waals surface area contributed by atoms with Crippen LogP contribution in [0.2, 0.25) is 0 Å². The quantitative estimate of drug-likeness (QED) is 0.467. The molecule has 0 radical (unpaired) electrons. The third-order valence-electron chi connectivity index (χ3n) is 5.17. The molecule has 0 saturated heterocycles. The van der Waals surface area contributed by atoms with Crippen LogP contribution in [0.3, 0.4) is 0 Å². The van der Waals surface area contributed by atoms with E-state index in [1.54, 1.807) is 30.2 Å². The molecule has 0 saturated carbocycles. The molecule has 0 fully saturated rings. The topological polar surface area (TPSA) is 80.5 Å². The van der Waals surface area contributed by atoms with Crippen LogP contribution in [-0.4, -0.2) is 23.4 Å². The van der Waals surface area contributed by atoms with E-state index in [-0.39, 0.29) is 5.70 Å². The molecule has 0 unspecified atom stereocenters. The van der Waals surface area contributed by atoms with Gasteiger partial charge in [-0.3, -0.25) is 4.79 Å². The van der Waals surface area contributed by atoms with Crippen molar-refractivity contribution < 1.29 is 4.79 Å². The van der Waals surface area contributed by atoms with Crippen LogP contribution >= 0.6 is 0 Å². The summed E-state index contributed by atoms with van der Waals surface area (Å²) in [6.45, 7) is 18.8. The lowest BCUT2D eigenvalue weighted by atomic mass is 10.1. The fourth-order valence-electron chi connectivity index (χ4n) is 3.33. The van der Waals surface area contributed by atoms with Gasteiger partial charge in [0, 0.05) is 37.1 Å². The number of Topliss-reactive ketones (excluding diaryl/α,β-unsaturated/α-hetero) is 1. The number of aryl methyl sites for hydroxylation is 1. The van der Waals surface area contributed by atoms with Gasteiger partial charge in [0.2, 0.25) is 0 Å². The van der Waals surface area contributed by atoms with Gasteiger partial charge >= 0.3 is 0 Å². The Hall–Kier alpha value is -3.85. The smallest absolute Gasteiger partial charge is 0.278 e. The summed E-state index contributed by atoms with van der Waals surface area (Å²) in [5.74, 6) is -0.0754. The second kappa shape index (κ2) is 11.7. The SMILES string of the molecule is C=C(C)/C=C1/N=C(C(=C)NCc2ccc(C)c(NC(=C)CCC)c2)CC=C(C(=O)C#N)N1C. The van der Waals surface area contributed by atoms with E-state index in [4.69, 9.17) is 10.3 Å². The number of nitrogens with zero attached hydrogens (tertiary/aromatic N) is 3. The molecular formula is C27H33N5O. The first kappa shape index (κ1) is 25.4. The van der Waals surface area contributed by atoms with E-state index >= 15 is 0 Å². The van der Waals surface area contributed by atoms with Crippen molar-refractivity contribution in [2.75, 3.05) is 12.4 Å². The van der Waals surface area contributed by atoms with E-state index in [0.717, 1.165) is 40.9 Å². The van der Waals surface area contributed by atoms with Gasteiger partial charge in [0.05, 0.1) is 11.4 Å². The molecule has 2 N–H and O–H groups in total. The second-order valence-corrected chi connectivity index (χ2v) is 8.16. The molecule has 1 aliphatic heterocycles. The largest absolute Gasteiger partial charge is 0.380 e. The first-order chi connectivity index (χ1) is 15.7. The van der Waals surface area contributed by atoms with E-state index in [0.29, 0.717) is 30.2 Å². The molecule has 172 valence electrons. The van der Waals surface area contributed by atoms with Crippen LogP contribution in [0, 0.1) is 18.3 Å². The van der Waals surface area contributed by atoms with Crippen molar-refractivity contribution in [1.29, 1.82) is 5.26 Å².